The Morgan fingerprint density at radius 2 is 1.82 bits per heavy atom. The van der Waals surface area contributed by atoms with Gasteiger partial charge in [-0.25, -0.2) is 0 Å². The van der Waals surface area contributed by atoms with Crippen molar-refractivity contribution in [1.29, 1.82) is 0 Å². The van der Waals surface area contributed by atoms with Gasteiger partial charge < -0.3 is 5.32 Å². The first-order valence-corrected chi connectivity index (χ1v) is 6.79. The molecule has 1 fully saturated rings. The second-order valence-electron chi connectivity index (χ2n) is 5.24. The molecule has 2 nitrogen and oxygen atoms in total. The lowest BCUT2D eigenvalue weighted by atomic mass is 9.94. The Hall–Kier alpha value is -0.860. The minimum Gasteiger partial charge on any atom is -0.315 e. The summed E-state index contributed by atoms with van der Waals surface area (Å²) in [7, 11) is 0. The van der Waals surface area contributed by atoms with Gasteiger partial charge in [-0.3, -0.25) is 4.90 Å². The van der Waals surface area contributed by atoms with Crippen LogP contribution < -0.4 is 5.32 Å². The zero-order valence-electron chi connectivity index (χ0n) is 11.0. The highest BCUT2D eigenvalue weighted by Crippen LogP contribution is 2.28. The van der Waals surface area contributed by atoms with Gasteiger partial charge in [-0.05, 0) is 24.4 Å². The maximum Gasteiger partial charge on any atom is 0.0371 e. The van der Waals surface area contributed by atoms with Crippen LogP contribution in [0.5, 0.6) is 0 Å². The fourth-order valence-corrected chi connectivity index (χ4v) is 2.81. The Morgan fingerprint density at radius 1 is 1.06 bits per heavy atom. The van der Waals surface area contributed by atoms with Gasteiger partial charge in [0.15, 0.2) is 0 Å². The molecular formula is C15H24N2. The molecule has 1 N–H and O–H groups in total. The molecule has 1 heterocycles. The minimum atomic E-state index is 0.566. The highest BCUT2D eigenvalue weighted by molar-refractivity contribution is 5.19. The van der Waals surface area contributed by atoms with Gasteiger partial charge in [0.05, 0.1) is 0 Å². The van der Waals surface area contributed by atoms with E-state index in [0.29, 0.717) is 12.0 Å². The Balaban J connectivity index is 2.16. The van der Waals surface area contributed by atoms with Crippen LogP contribution in [0, 0.1) is 5.92 Å². The van der Waals surface area contributed by atoms with Gasteiger partial charge in [-0.2, -0.15) is 0 Å². The van der Waals surface area contributed by atoms with Crippen molar-refractivity contribution in [2.45, 2.75) is 26.3 Å². The first kappa shape index (κ1) is 12.6. The molecule has 1 aliphatic heterocycles. The van der Waals surface area contributed by atoms with E-state index in [4.69, 9.17) is 0 Å². The minimum absolute atomic E-state index is 0.566. The zero-order valence-corrected chi connectivity index (χ0v) is 11.0. The van der Waals surface area contributed by atoms with Crippen LogP contribution in [0.3, 0.4) is 0 Å². The Morgan fingerprint density at radius 3 is 2.53 bits per heavy atom. The van der Waals surface area contributed by atoms with E-state index >= 15 is 0 Å². The normalized spacial score (nSPS) is 20.2. The lowest BCUT2D eigenvalue weighted by Crippen LogP contribution is -2.35. The van der Waals surface area contributed by atoms with E-state index in [1.165, 1.54) is 18.5 Å². The van der Waals surface area contributed by atoms with E-state index in [1.807, 2.05) is 0 Å². The number of rotatable bonds is 3. The Bertz CT molecular complexity index is 313. The van der Waals surface area contributed by atoms with Crippen molar-refractivity contribution < 1.29 is 0 Å². The summed E-state index contributed by atoms with van der Waals surface area (Å²) in [5, 5.41) is 3.48. The highest BCUT2D eigenvalue weighted by Gasteiger charge is 2.23. The standard InChI is InChI=1S/C15H24N2/c1-13(2)15(14-7-4-3-5-8-14)17-11-6-9-16-10-12-17/h3-5,7-8,13,15-16H,6,9-12H2,1-2H3. The predicted octanol–water partition coefficient (Wildman–Crippen LogP) is 2.68. The lowest BCUT2D eigenvalue weighted by Gasteiger charge is -2.33. The van der Waals surface area contributed by atoms with Crippen LogP contribution >= 0.6 is 0 Å². The van der Waals surface area contributed by atoms with E-state index < -0.39 is 0 Å². The maximum atomic E-state index is 3.48. The highest BCUT2D eigenvalue weighted by atomic mass is 15.2. The van der Waals surface area contributed by atoms with E-state index in [-0.39, 0.29) is 0 Å². The van der Waals surface area contributed by atoms with Crippen LogP contribution in [0.25, 0.3) is 0 Å². The van der Waals surface area contributed by atoms with Crippen molar-refractivity contribution in [3.63, 3.8) is 0 Å². The molecule has 1 aromatic carbocycles. The van der Waals surface area contributed by atoms with Crippen LogP contribution in [0.15, 0.2) is 30.3 Å². The molecular weight excluding hydrogens is 208 g/mol. The molecule has 0 aromatic heterocycles. The smallest absolute Gasteiger partial charge is 0.0371 e. The molecule has 1 aromatic rings. The lowest BCUT2D eigenvalue weighted by molar-refractivity contribution is 0.166. The quantitative estimate of drug-likeness (QED) is 0.862. The summed E-state index contributed by atoms with van der Waals surface area (Å²) >= 11 is 0. The number of nitrogens with one attached hydrogen (secondary N) is 1. The van der Waals surface area contributed by atoms with Gasteiger partial charge in [-0.1, -0.05) is 44.2 Å². The number of hydrogen-bond donors (Lipinski definition) is 1. The fourth-order valence-electron chi connectivity index (χ4n) is 2.81. The molecule has 1 aliphatic rings. The van der Waals surface area contributed by atoms with E-state index in [0.717, 1.165) is 19.6 Å². The van der Waals surface area contributed by atoms with Gasteiger partial charge in [0.2, 0.25) is 0 Å². The molecule has 0 spiro atoms. The molecule has 1 saturated heterocycles. The van der Waals surface area contributed by atoms with Crippen molar-refractivity contribution in [3.8, 4) is 0 Å². The first-order chi connectivity index (χ1) is 8.29. The first-order valence-electron chi connectivity index (χ1n) is 6.79. The van der Waals surface area contributed by atoms with Crippen LogP contribution in [0.4, 0.5) is 0 Å². The molecule has 1 unspecified atom stereocenters. The fraction of sp³-hybridized carbons (Fsp3) is 0.600. The van der Waals surface area contributed by atoms with Crippen LogP contribution in [-0.4, -0.2) is 31.1 Å². The summed E-state index contributed by atoms with van der Waals surface area (Å²) < 4.78 is 0. The van der Waals surface area contributed by atoms with Gasteiger partial charge >= 0.3 is 0 Å². The summed E-state index contributed by atoms with van der Waals surface area (Å²) in [5.41, 5.74) is 1.46. The molecule has 0 radical (unpaired) electrons. The zero-order chi connectivity index (χ0) is 12.1. The molecule has 0 amide bonds. The third-order valence-corrected chi connectivity index (χ3v) is 3.54. The second kappa shape index (κ2) is 6.18. The van der Waals surface area contributed by atoms with Crippen LogP contribution in [-0.2, 0) is 0 Å². The van der Waals surface area contributed by atoms with Crippen LogP contribution in [0.1, 0.15) is 31.9 Å². The van der Waals surface area contributed by atoms with E-state index in [2.05, 4.69) is 54.4 Å². The van der Waals surface area contributed by atoms with Crippen molar-refractivity contribution >= 4 is 0 Å². The molecule has 94 valence electrons. The van der Waals surface area contributed by atoms with Gasteiger partial charge in [-0.15, -0.1) is 0 Å². The molecule has 17 heavy (non-hydrogen) atoms. The molecule has 0 saturated carbocycles. The van der Waals surface area contributed by atoms with Crippen molar-refractivity contribution in [2.75, 3.05) is 26.2 Å². The third-order valence-electron chi connectivity index (χ3n) is 3.54. The second-order valence-corrected chi connectivity index (χ2v) is 5.24. The molecule has 0 aliphatic carbocycles. The molecule has 0 bridgehead atoms. The maximum absolute atomic E-state index is 3.48. The SMILES string of the molecule is CC(C)C(c1ccccc1)N1CCCNCC1. The van der Waals surface area contributed by atoms with E-state index in [1.54, 1.807) is 0 Å². The Labute approximate surface area is 105 Å². The third kappa shape index (κ3) is 3.30. The topological polar surface area (TPSA) is 15.3 Å². The van der Waals surface area contributed by atoms with Crippen molar-refractivity contribution in [2.24, 2.45) is 5.92 Å². The summed E-state index contributed by atoms with van der Waals surface area (Å²) in [4.78, 5) is 2.64. The van der Waals surface area contributed by atoms with Gasteiger partial charge in [0.1, 0.15) is 0 Å². The molecule has 2 heteroatoms. The van der Waals surface area contributed by atoms with Crippen LogP contribution in [0.2, 0.25) is 0 Å². The molecule has 1 atom stereocenters. The average Bonchev–Trinajstić information content (AvgIpc) is 2.59. The summed E-state index contributed by atoms with van der Waals surface area (Å²) in [6.07, 6.45) is 1.26. The summed E-state index contributed by atoms with van der Waals surface area (Å²) in [6.45, 7) is 9.32. The van der Waals surface area contributed by atoms with Crippen molar-refractivity contribution in [1.82, 2.24) is 10.2 Å². The number of nitrogens with zero attached hydrogens (tertiary/aromatic N) is 1. The Kier molecular flexibility index (Phi) is 4.57. The molecule has 2 rings (SSSR count). The van der Waals surface area contributed by atoms with Gasteiger partial charge in [0, 0.05) is 25.7 Å². The van der Waals surface area contributed by atoms with Gasteiger partial charge in [0.25, 0.3) is 0 Å². The predicted molar refractivity (Wildman–Crippen MR) is 73.1 cm³/mol. The number of hydrogen-bond acceptors (Lipinski definition) is 2. The largest absolute Gasteiger partial charge is 0.315 e. The average molecular weight is 232 g/mol. The number of benzene rings is 1. The monoisotopic (exact) mass is 232 g/mol. The van der Waals surface area contributed by atoms with Crippen molar-refractivity contribution in [3.05, 3.63) is 35.9 Å². The van der Waals surface area contributed by atoms with E-state index in [9.17, 15) is 0 Å². The summed E-state index contributed by atoms with van der Waals surface area (Å²) in [5.74, 6) is 0.662. The summed E-state index contributed by atoms with van der Waals surface area (Å²) in [6, 6.07) is 11.5.